The normalized spacial score (nSPS) is 14.1. The fourth-order valence-corrected chi connectivity index (χ4v) is 3.27. The number of ketones is 1. The molecule has 6 heteroatoms. The van der Waals surface area contributed by atoms with Crippen molar-refractivity contribution in [1.82, 2.24) is 4.98 Å². The fraction of sp³-hybridized carbons (Fsp3) is 0.100. The molecule has 0 saturated heterocycles. The molecule has 1 aliphatic carbocycles. The number of pyridine rings is 1. The van der Waals surface area contributed by atoms with Gasteiger partial charge in [-0.25, -0.2) is 0 Å². The Morgan fingerprint density at radius 1 is 1.00 bits per heavy atom. The molecule has 0 radical (unpaired) electrons. The summed E-state index contributed by atoms with van der Waals surface area (Å²) in [5.41, 5.74) is -0.176. The minimum absolute atomic E-state index is 0.0261. The second-order valence-corrected chi connectivity index (χ2v) is 5.87. The van der Waals surface area contributed by atoms with Crippen LogP contribution in [0, 0.1) is 0 Å². The van der Waals surface area contributed by atoms with E-state index in [2.05, 4.69) is 4.98 Å². The van der Waals surface area contributed by atoms with E-state index < -0.39 is 17.5 Å². The Balaban J connectivity index is 2.09. The van der Waals surface area contributed by atoms with Gasteiger partial charge in [-0.1, -0.05) is 30.3 Å². The first kappa shape index (κ1) is 16.3. The van der Waals surface area contributed by atoms with Crippen LogP contribution in [-0.2, 0) is 0 Å². The molecule has 3 nitrogen and oxygen atoms in total. The van der Waals surface area contributed by atoms with Crippen molar-refractivity contribution in [2.24, 2.45) is 0 Å². The molecule has 0 saturated carbocycles. The molecule has 0 aliphatic heterocycles. The molecule has 0 bridgehead atoms. The summed E-state index contributed by atoms with van der Waals surface area (Å²) in [5.74, 6) is -0.524. The second-order valence-electron chi connectivity index (χ2n) is 5.87. The largest absolute Gasteiger partial charge is 0.497 e. The lowest BCUT2D eigenvalue weighted by molar-refractivity contribution is -0.0878. The highest BCUT2D eigenvalue weighted by atomic mass is 19.4. The standard InChI is InChI=1S/C20H12F3NO2/c1-26-12-8-6-11(7-9-12)16-17-13-4-2-3-5-15(13)24-10-14(17)19(25)18(16)20(21,22)23/h2-10H,1H3. The molecule has 130 valence electrons. The van der Waals surface area contributed by atoms with Crippen molar-refractivity contribution in [1.29, 1.82) is 0 Å². The maximum atomic E-state index is 13.7. The van der Waals surface area contributed by atoms with E-state index >= 15 is 0 Å². The van der Waals surface area contributed by atoms with E-state index in [4.69, 9.17) is 4.74 Å². The number of halogens is 3. The minimum Gasteiger partial charge on any atom is -0.497 e. The Labute approximate surface area is 146 Å². The highest BCUT2D eigenvalue weighted by molar-refractivity contribution is 6.26. The summed E-state index contributed by atoms with van der Waals surface area (Å²) in [6.07, 6.45) is -3.55. The monoisotopic (exact) mass is 355 g/mol. The van der Waals surface area contributed by atoms with Crippen LogP contribution in [0.15, 0.2) is 60.3 Å². The Kier molecular flexibility index (Phi) is 3.57. The van der Waals surface area contributed by atoms with E-state index in [1.807, 2.05) is 0 Å². The molecular formula is C20H12F3NO2. The van der Waals surface area contributed by atoms with Gasteiger partial charge in [0, 0.05) is 28.3 Å². The number of alkyl halides is 3. The highest BCUT2D eigenvalue weighted by Gasteiger charge is 2.47. The van der Waals surface area contributed by atoms with Gasteiger partial charge >= 0.3 is 6.18 Å². The van der Waals surface area contributed by atoms with Crippen LogP contribution in [0.3, 0.4) is 0 Å². The maximum Gasteiger partial charge on any atom is 0.420 e. The molecular weight excluding hydrogens is 343 g/mol. The van der Waals surface area contributed by atoms with Gasteiger partial charge in [0.25, 0.3) is 0 Å². The third-order valence-corrected chi connectivity index (χ3v) is 4.41. The van der Waals surface area contributed by atoms with Crippen LogP contribution in [0.25, 0.3) is 16.5 Å². The van der Waals surface area contributed by atoms with Crippen molar-refractivity contribution >= 4 is 22.3 Å². The molecule has 0 spiro atoms. The number of para-hydroxylation sites is 1. The van der Waals surface area contributed by atoms with Gasteiger partial charge in [0.15, 0.2) is 0 Å². The molecule has 0 atom stereocenters. The lowest BCUT2D eigenvalue weighted by Crippen LogP contribution is -2.18. The number of hydrogen-bond acceptors (Lipinski definition) is 3. The smallest absolute Gasteiger partial charge is 0.420 e. The van der Waals surface area contributed by atoms with Crippen molar-refractivity contribution in [3.05, 3.63) is 77.0 Å². The third-order valence-electron chi connectivity index (χ3n) is 4.41. The Morgan fingerprint density at radius 2 is 1.69 bits per heavy atom. The third kappa shape index (κ3) is 2.37. The van der Waals surface area contributed by atoms with Crippen molar-refractivity contribution in [3.8, 4) is 5.75 Å². The van der Waals surface area contributed by atoms with Crippen molar-refractivity contribution < 1.29 is 22.7 Å². The van der Waals surface area contributed by atoms with E-state index in [9.17, 15) is 18.0 Å². The molecule has 0 fully saturated rings. The van der Waals surface area contributed by atoms with E-state index in [1.165, 1.54) is 25.4 Å². The number of allylic oxidation sites excluding steroid dienone is 1. The summed E-state index contributed by atoms with van der Waals surface area (Å²) >= 11 is 0. The summed E-state index contributed by atoms with van der Waals surface area (Å²) in [6, 6.07) is 13.0. The Morgan fingerprint density at radius 3 is 2.35 bits per heavy atom. The molecule has 1 aromatic heterocycles. The number of fused-ring (bicyclic) bond motifs is 3. The summed E-state index contributed by atoms with van der Waals surface area (Å²) in [6.45, 7) is 0. The molecule has 4 rings (SSSR count). The Hall–Kier alpha value is -3.15. The number of ether oxygens (including phenoxy) is 1. The Bertz CT molecular complexity index is 1070. The van der Waals surface area contributed by atoms with Gasteiger partial charge in [-0.15, -0.1) is 0 Å². The molecule has 3 aromatic rings. The summed E-state index contributed by atoms with van der Waals surface area (Å²) in [7, 11) is 1.48. The van der Waals surface area contributed by atoms with Crippen molar-refractivity contribution in [2.45, 2.75) is 6.18 Å². The van der Waals surface area contributed by atoms with Gasteiger partial charge in [-0.05, 0) is 23.8 Å². The summed E-state index contributed by atoms with van der Waals surface area (Å²) < 4.78 is 46.3. The first-order valence-corrected chi connectivity index (χ1v) is 7.80. The van der Waals surface area contributed by atoms with E-state index in [0.29, 0.717) is 22.2 Å². The van der Waals surface area contributed by atoms with Crippen LogP contribution in [0.2, 0.25) is 0 Å². The van der Waals surface area contributed by atoms with E-state index in [0.717, 1.165) is 0 Å². The molecule has 0 unspecified atom stereocenters. The zero-order valence-electron chi connectivity index (χ0n) is 13.6. The summed E-state index contributed by atoms with van der Waals surface area (Å²) in [5, 5.41) is 0.517. The fourth-order valence-electron chi connectivity index (χ4n) is 3.27. The van der Waals surface area contributed by atoms with Crippen molar-refractivity contribution in [3.63, 3.8) is 0 Å². The first-order chi connectivity index (χ1) is 12.4. The van der Waals surface area contributed by atoms with Gasteiger partial charge in [-0.2, -0.15) is 13.2 Å². The van der Waals surface area contributed by atoms with Crippen LogP contribution >= 0.6 is 0 Å². The van der Waals surface area contributed by atoms with Gasteiger partial charge in [-0.3, -0.25) is 9.78 Å². The number of benzene rings is 2. The summed E-state index contributed by atoms with van der Waals surface area (Å²) in [4.78, 5) is 16.7. The number of hydrogen-bond donors (Lipinski definition) is 0. The number of rotatable bonds is 2. The topological polar surface area (TPSA) is 39.2 Å². The molecule has 26 heavy (non-hydrogen) atoms. The van der Waals surface area contributed by atoms with Crippen LogP contribution in [0.5, 0.6) is 5.75 Å². The predicted molar refractivity (Wildman–Crippen MR) is 91.1 cm³/mol. The van der Waals surface area contributed by atoms with Gasteiger partial charge in [0.05, 0.1) is 12.6 Å². The number of methoxy groups -OCH3 is 1. The van der Waals surface area contributed by atoms with Gasteiger partial charge in [0.2, 0.25) is 5.78 Å². The number of carbonyl (C=O) groups is 1. The predicted octanol–water partition coefficient (Wildman–Crippen LogP) is 4.80. The SMILES string of the molecule is COc1ccc(C2=C(C(F)(F)F)C(=O)c3cnc4ccccc4c32)cc1. The van der Waals surface area contributed by atoms with Crippen LogP contribution < -0.4 is 4.74 Å². The van der Waals surface area contributed by atoms with Crippen LogP contribution in [-0.4, -0.2) is 24.1 Å². The van der Waals surface area contributed by atoms with E-state index in [1.54, 1.807) is 36.4 Å². The lowest BCUT2D eigenvalue weighted by Gasteiger charge is -2.12. The molecule has 0 N–H and O–H groups in total. The average Bonchev–Trinajstić information content (AvgIpc) is 2.95. The minimum atomic E-state index is -4.77. The molecule has 1 aliphatic rings. The van der Waals surface area contributed by atoms with Gasteiger partial charge < -0.3 is 4.74 Å². The number of aromatic nitrogens is 1. The average molecular weight is 355 g/mol. The second kappa shape index (κ2) is 5.69. The zero-order valence-corrected chi connectivity index (χ0v) is 13.6. The number of carbonyl (C=O) groups excluding carboxylic acids is 1. The quantitative estimate of drug-likeness (QED) is 0.663. The highest BCUT2D eigenvalue weighted by Crippen LogP contribution is 2.46. The van der Waals surface area contributed by atoms with E-state index in [-0.39, 0.29) is 16.7 Å². The van der Waals surface area contributed by atoms with Crippen LogP contribution in [0.4, 0.5) is 13.2 Å². The zero-order chi connectivity index (χ0) is 18.5. The van der Waals surface area contributed by atoms with Crippen molar-refractivity contribution in [2.75, 3.05) is 7.11 Å². The molecule has 1 heterocycles. The molecule has 0 amide bonds. The van der Waals surface area contributed by atoms with Gasteiger partial charge in [0.1, 0.15) is 11.3 Å². The molecule has 2 aromatic carbocycles. The number of nitrogens with zero attached hydrogens (tertiary/aromatic N) is 1. The lowest BCUT2D eigenvalue weighted by atomic mass is 9.94. The number of Topliss-reactive ketones (excluding diaryl/α,β-unsaturated/α-hetero) is 1. The maximum absolute atomic E-state index is 13.7. The van der Waals surface area contributed by atoms with Crippen LogP contribution in [0.1, 0.15) is 21.5 Å². The first-order valence-electron chi connectivity index (χ1n) is 7.80.